The van der Waals surface area contributed by atoms with E-state index < -0.39 is 17.6 Å². The molecular weight excluding hydrogens is 580 g/mol. The Labute approximate surface area is 268 Å². The third kappa shape index (κ3) is 6.13. The number of hydrogen-bond donors (Lipinski definition) is 1. The summed E-state index contributed by atoms with van der Waals surface area (Å²) in [6.45, 7) is 5.91. The SMILES string of the molecule is Cc1ccc(C(=O)OC2(CNC(=O)c3cccc(CN4C(=O)c5ccc(-c6ccncc6)cc5N(C)C(=O)[C@H]4C)c3)CC2)c(C)c1. The molecule has 4 aromatic rings. The highest BCUT2D eigenvalue weighted by atomic mass is 16.6. The molecular formula is C37H36N4O5. The van der Waals surface area contributed by atoms with Crippen molar-refractivity contribution in [2.75, 3.05) is 18.5 Å². The lowest BCUT2D eigenvalue weighted by Gasteiger charge is -2.27. The van der Waals surface area contributed by atoms with Crippen molar-refractivity contribution >= 4 is 29.4 Å². The maximum atomic E-state index is 13.9. The number of nitrogens with zero attached hydrogens (tertiary/aromatic N) is 3. The van der Waals surface area contributed by atoms with Gasteiger partial charge in [-0.3, -0.25) is 19.4 Å². The minimum absolute atomic E-state index is 0.143. The van der Waals surface area contributed by atoms with Gasteiger partial charge in [0.1, 0.15) is 11.6 Å². The number of likely N-dealkylation sites (N-methyl/N-ethyl adjacent to an activating group) is 1. The molecule has 1 atom stereocenters. The van der Waals surface area contributed by atoms with Crippen LogP contribution in [0.4, 0.5) is 5.69 Å². The van der Waals surface area contributed by atoms with Gasteiger partial charge in [0.25, 0.3) is 11.8 Å². The Bertz CT molecular complexity index is 1850. The summed E-state index contributed by atoms with van der Waals surface area (Å²) in [6, 6.07) is 21.1. The summed E-state index contributed by atoms with van der Waals surface area (Å²) in [5.74, 6) is -1.18. The van der Waals surface area contributed by atoms with E-state index in [9.17, 15) is 19.2 Å². The number of carbonyl (C=O) groups is 4. The monoisotopic (exact) mass is 616 g/mol. The smallest absolute Gasteiger partial charge is 0.339 e. The van der Waals surface area contributed by atoms with Crippen molar-refractivity contribution in [3.05, 3.63) is 119 Å². The number of aryl methyl sites for hydroxylation is 2. The van der Waals surface area contributed by atoms with Crippen LogP contribution in [0.3, 0.4) is 0 Å². The maximum Gasteiger partial charge on any atom is 0.339 e. The van der Waals surface area contributed by atoms with Gasteiger partial charge in [0.05, 0.1) is 23.4 Å². The minimum Gasteiger partial charge on any atom is -0.454 e. The largest absolute Gasteiger partial charge is 0.454 e. The maximum absolute atomic E-state index is 13.9. The average molecular weight is 617 g/mol. The van der Waals surface area contributed by atoms with Crippen molar-refractivity contribution in [1.82, 2.24) is 15.2 Å². The van der Waals surface area contributed by atoms with E-state index in [0.29, 0.717) is 40.8 Å². The van der Waals surface area contributed by atoms with Gasteiger partial charge in [-0.2, -0.15) is 0 Å². The fourth-order valence-electron chi connectivity index (χ4n) is 5.89. The number of nitrogens with one attached hydrogen (secondary N) is 1. The lowest BCUT2D eigenvalue weighted by Crippen LogP contribution is -2.45. The first-order valence-corrected chi connectivity index (χ1v) is 15.4. The summed E-state index contributed by atoms with van der Waals surface area (Å²) in [7, 11) is 1.68. The molecule has 1 aromatic heterocycles. The van der Waals surface area contributed by atoms with Crippen LogP contribution in [-0.2, 0) is 16.1 Å². The van der Waals surface area contributed by atoms with E-state index in [1.807, 2.05) is 56.3 Å². The number of hydrogen-bond acceptors (Lipinski definition) is 6. The fourth-order valence-corrected chi connectivity index (χ4v) is 5.89. The third-order valence-corrected chi connectivity index (χ3v) is 8.85. The molecule has 9 nitrogen and oxygen atoms in total. The number of carbonyl (C=O) groups excluding carboxylic acids is 4. The molecule has 1 aliphatic heterocycles. The molecule has 234 valence electrons. The Kier molecular flexibility index (Phi) is 8.17. The van der Waals surface area contributed by atoms with Gasteiger partial charge in [-0.05, 0) is 98.3 Å². The van der Waals surface area contributed by atoms with Crippen molar-refractivity contribution in [2.45, 2.75) is 51.8 Å². The number of benzene rings is 3. The van der Waals surface area contributed by atoms with E-state index in [0.717, 1.165) is 22.3 Å². The van der Waals surface area contributed by atoms with E-state index in [4.69, 9.17) is 4.74 Å². The molecule has 0 spiro atoms. The first kappa shape index (κ1) is 30.7. The Morgan fingerprint density at radius 2 is 1.72 bits per heavy atom. The molecule has 0 radical (unpaired) electrons. The number of rotatable bonds is 8. The van der Waals surface area contributed by atoms with Gasteiger partial charge < -0.3 is 19.9 Å². The van der Waals surface area contributed by atoms with Crippen LogP contribution in [0.2, 0.25) is 0 Å². The molecule has 1 N–H and O–H groups in total. The van der Waals surface area contributed by atoms with Crippen LogP contribution in [0.5, 0.6) is 0 Å². The van der Waals surface area contributed by atoms with E-state index in [-0.39, 0.29) is 30.8 Å². The Hall–Kier alpha value is -5.31. The molecule has 2 aliphatic rings. The van der Waals surface area contributed by atoms with Crippen LogP contribution < -0.4 is 10.2 Å². The quantitative estimate of drug-likeness (QED) is 0.262. The molecule has 46 heavy (non-hydrogen) atoms. The number of ether oxygens (including phenoxy) is 1. The molecule has 0 unspecified atom stereocenters. The number of esters is 1. The number of amides is 3. The third-order valence-electron chi connectivity index (χ3n) is 8.85. The van der Waals surface area contributed by atoms with E-state index in [1.165, 1.54) is 4.90 Å². The average Bonchev–Trinajstić information content (AvgIpc) is 3.84. The highest BCUT2D eigenvalue weighted by Gasteiger charge is 2.47. The van der Waals surface area contributed by atoms with Crippen LogP contribution in [0.1, 0.15) is 67.5 Å². The Morgan fingerprint density at radius 3 is 2.43 bits per heavy atom. The molecule has 0 bridgehead atoms. The second-order valence-corrected chi connectivity index (χ2v) is 12.2. The first-order valence-electron chi connectivity index (χ1n) is 15.4. The second-order valence-electron chi connectivity index (χ2n) is 12.2. The molecule has 3 aromatic carbocycles. The zero-order chi connectivity index (χ0) is 32.6. The summed E-state index contributed by atoms with van der Waals surface area (Å²) < 4.78 is 5.85. The normalized spacial score (nSPS) is 16.8. The first-order chi connectivity index (χ1) is 22.0. The van der Waals surface area contributed by atoms with Gasteiger partial charge in [-0.15, -0.1) is 0 Å². The lowest BCUT2D eigenvalue weighted by atomic mass is 10.0. The number of fused-ring (bicyclic) bond motifs is 1. The van der Waals surface area contributed by atoms with Gasteiger partial charge in [-0.25, -0.2) is 4.79 Å². The topological polar surface area (TPSA) is 109 Å². The zero-order valence-corrected chi connectivity index (χ0v) is 26.4. The van der Waals surface area contributed by atoms with Gasteiger partial charge in [0.15, 0.2) is 0 Å². The van der Waals surface area contributed by atoms with Crippen LogP contribution in [-0.4, -0.2) is 58.8 Å². The highest BCUT2D eigenvalue weighted by molar-refractivity contribution is 6.11. The summed E-state index contributed by atoms with van der Waals surface area (Å²) in [6.07, 6.45) is 4.75. The van der Waals surface area contributed by atoms with Crippen molar-refractivity contribution in [3.63, 3.8) is 0 Å². The lowest BCUT2D eigenvalue weighted by molar-refractivity contribution is -0.122. The van der Waals surface area contributed by atoms with E-state index in [2.05, 4.69) is 10.3 Å². The summed E-state index contributed by atoms with van der Waals surface area (Å²) in [5.41, 5.74) is 5.63. The van der Waals surface area contributed by atoms with Gasteiger partial charge in [0.2, 0.25) is 5.91 Å². The van der Waals surface area contributed by atoms with Crippen LogP contribution in [0, 0.1) is 13.8 Å². The van der Waals surface area contributed by atoms with Crippen LogP contribution in [0.15, 0.2) is 85.2 Å². The van der Waals surface area contributed by atoms with Gasteiger partial charge in [0, 0.05) is 31.5 Å². The molecule has 3 amide bonds. The predicted octanol–water partition coefficient (Wildman–Crippen LogP) is 5.49. The van der Waals surface area contributed by atoms with Crippen molar-refractivity contribution < 1.29 is 23.9 Å². The summed E-state index contributed by atoms with van der Waals surface area (Å²) >= 11 is 0. The van der Waals surface area contributed by atoms with Gasteiger partial charge >= 0.3 is 5.97 Å². The number of anilines is 1. The Balaban J connectivity index is 1.15. The molecule has 1 fully saturated rings. The predicted molar refractivity (Wildman–Crippen MR) is 174 cm³/mol. The molecule has 1 aliphatic carbocycles. The number of pyridine rings is 1. The highest BCUT2D eigenvalue weighted by Crippen LogP contribution is 2.40. The molecule has 0 saturated heterocycles. The van der Waals surface area contributed by atoms with Gasteiger partial charge in [-0.1, -0.05) is 35.9 Å². The summed E-state index contributed by atoms with van der Waals surface area (Å²) in [5, 5.41) is 2.92. The van der Waals surface area contributed by atoms with Crippen molar-refractivity contribution in [2.24, 2.45) is 0 Å². The summed E-state index contributed by atoms with van der Waals surface area (Å²) in [4.78, 5) is 60.6. The Morgan fingerprint density at radius 1 is 0.957 bits per heavy atom. The van der Waals surface area contributed by atoms with E-state index >= 15 is 0 Å². The van der Waals surface area contributed by atoms with Crippen molar-refractivity contribution in [3.8, 4) is 11.1 Å². The standard InChI is InChI=1S/C37H36N4O5/c1-23-8-10-30(24(2)18-23)36(45)46-37(14-15-37)22-39-33(42)29-7-5-6-26(19-29)21-41-25(3)34(43)40(4)32-20-28(9-11-31(32)35(41)44)27-12-16-38-17-13-27/h5-13,16-20,25H,14-15,21-22H2,1-4H3,(H,39,42)/t25-/m1/s1. The minimum atomic E-state index is -0.728. The van der Waals surface area contributed by atoms with Crippen LogP contribution >= 0.6 is 0 Å². The molecule has 9 heteroatoms. The number of aromatic nitrogens is 1. The molecule has 1 saturated carbocycles. The van der Waals surface area contributed by atoms with Crippen molar-refractivity contribution in [1.29, 1.82) is 0 Å². The molecule has 6 rings (SSSR count). The second kappa shape index (κ2) is 12.2. The van der Waals surface area contributed by atoms with Crippen LogP contribution in [0.25, 0.3) is 11.1 Å². The van der Waals surface area contributed by atoms with E-state index in [1.54, 1.807) is 61.6 Å². The zero-order valence-electron chi connectivity index (χ0n) is 26.4. The molecule has 2 heterocycles. The fraction of sp³-hybridized carbons (Fsp3) is 0.270.